The van der Waals surface area contributed by atoms with Gasteiger partial charge in [0.1, 0.15) is 12.4 Å². The molecule has 1 atom stereocenters. The molecule has 100 valence electrons. The van der Waals surface area contributed by atoms with Crippen molar-refractivity contribution in [3.05, 3.63) is 56.8 Å². The second-order valence-electron chi connectivity index (χ2n) is 4.00. The number of aliphatic hydroxyl groups is 1. The second-order valence-corrected chi connectivity index (χ2v) is 5.03. The molecule has 0 spiro atoms. The Kier molecular flexibility index (Phi) is 4.48. The van der Waals surface area contributed by atoms with E-state index in [0.717, 1.165) is 4.88 Å². The molecule has 0 radical (unpaired) electrons. The monoisotopic (exact) mass is 279 g/mol. The summed E-state index contributed by atoms with van der Waals surface area (Å²) in [5.74, 6) is 0.510. The maximum absolute atomic E-state index is 10.5. The topological polar surface area (TPSA) is 72.6 Å². The molecule has 0 saturated carbocycles. The highest BCUT2D eigenvalue weighted by Crippen LogP contribution is 2.18. The molecule has 0 aliphatic rings. The van der Waals surface area contributed by atoms with Crippen LogP contribution in [0.2, 0.25) is 0 Å². The van der Waals surface area contributed by atoms with Crippen LogP contribution in [0.15, 0.2) is 41.8 Å². The van der Waals surface area contributed by atoms with E-state index in [0.29, 0.717) is 12.2 Å². The summed E-state index contributed by atoms with van der Waals surface area (Å²) in [6.45, 7) is 0.162. The van der Waals surface area contributed by atoms with Gasteiger partial charge < -0.3 is 9.84 Å². The number of hydrogen-bond acceptors (Lipinski definition) is 5. The molecule has 1 aromatic carbocycles. The van der Waals surface area contributed by atoms with E-state index in [-0.39, 0.29) is 12.3 Å². The zero-order valence-electron chi connectivity index (χ0n) is 10.1. The van der Waals surface area contributed by atoms with Crippen LogP contribution in [0.5, 0.6) is 5.75 Å². The first-order valence-electron chi connectivity index (χ1n) is 5.73. The second kappa shape index (κ2) is 6.31. The third-order valence-electron chi connectivity index (χ3n) is 2.51. The highest BCUT2D eigenvalue weighted by Gasteiger charge is 2.09. The van der Waals surface area contributed by atoms with Crippen molar-refractivity contribution in [3.8, 4) is 5.75 Å². The number of hydrogen-bond donors (Lipinski definition) is 1. The van der Waals surface area contributed by atoms with E-state index in [9.17, 15) is 15.2 Å². The molecule has 5 nitrogen and oxygen atoms in total. The van der Waals surface area contributed by atoms with Gasteiger partial charge in [0.15, 0.2) is 0 Å². The van der Waals surface area contributed by atoms with Gasteiger partial charge in [0, 0.05) is 23.4 Å². The van der Waals surface area contributed by atoms with Crippen LogP contribution in [0.1, 0.15) is 4.88 Å². The SMILES string of the molecule is O=[N+]([O-])c1ccc(OCC(O)Cc2cccs2)cc1. The van der Waals surface area contributed by atoms with E-state index in [2.05, 4.69) is 0 Å². The molecule has 1 unspecified atom stereocenters. The molecule has 0 amide bonds. The summed E-state index contributed by atoms with van der Waals surface area (Å²) in [6, 6.07) is 9.69. The van der Waals surface area contributed by atoms with Crippen molar-refractivity contribution in [2.45, 2.75) is 12.5 Å². The Balaban J connectivity index is 1.83. The lowest BCUT2D eigenvalue weighted by molar-refractivity contribution is -0.384. The summed E-state index contributed by atoms with van der Waals surface area (Å²) < 4.78 is 5.38. The maximum atomic E-state index is 10.5. The molecule has 2 rings (SSSR count). The summed E-state index contributed by atoms with van der Waals surface area (Å²) >= 11 is 1.59. The van der Waals surface area contributed by atoms with Crippen molar-refractivity contribution >= 4 is 17.0 Å². The Morgan fingerprint density at radius 1 is 1.32 bits per heavy atom. The zero-order chi connectivity index (χ0) is 13.7. The summed E-state index contributed by atoms with van der Waals surface area (Å²) in [5.41, 5.74) is 0.0199. The molecule has 1 N–H and O–H groups in total. The summed E-state index contributed by atoms with van der Waals surface area (Å²) in [4.78, 5) is 11.1. The molecule has 0 fully saturated rings. The molecule has 1 heterocycles. The molecule has 0 bridgehead atoms. The van der Waals surface area contributed by atoms with Crippen LogP contribution < -0.4 is 4.74 Å². The molecule has 6 heteroatoms. The van der Waals surface area contributed by atoms with E-state index >= 15 is 0 Å². The lowest BCUT2D eigenvalue weighted by atomic mass is 10.2. The smallest absolute Gasteiger partial charge is 0.269 e. The average molecular weight is 279 g/mol. The largest absolute Gasteiger partial charge is 0.491 e. The fraction of sp³-hybridized carbons (Fsp3) is 0.231. The predicted octanol–water partition coefficient (Wildman–Crippen LogP) is 2.64. The first-order valence-corrected chi connectivity index (χ1v) is 6.61. The summed E-state index contributed by atoms with van der Waals surface area (Å²) in [6.07, 6.45) is -0.0428. The van der Waals surface area contributed by atoms with Gasteiger partial charge in [0.25, 0.3) is 5.69 Å². The van der Waals surface area contributed by atoms with E-state index < -0.39 is 11.0 Å². The van der Waals surface area contributed by atoms with Crippen molar-refractivity contribution in [1.82, 2.24) is 0 Å². The van der Waals surface area contributed by atoms with Crippen LogP contribution in [-0.4, -0.2) is 22.7 Å². The highest BCUT2D eigenvalue weighted by atomic mass is 32.1. The third-order valence-corrected chi connectivity index (χ3v) is 3.41. The van der Waals surface area contributed by atoms with Crippen molar-refractivity contribution < 1.29 is 14.8 Å². The Labute approximate surface area is 114 Å². The highest BCUT2D eigenvalue weighted by molar-refractivity contribution is 7.09. The van der Waals surface area contributed by atoms with Gasteiger partial charge in [-0.15, -0.1) is 11.3 Å². The molecular formula is C13H13NO4S. The first kappa shape index (κ1) is 13.5. The Morgan fingerprint density at radius 2 is 2.05 bits per heavy atom. The van der Waals surface area contributed by atoms with Gasteiger partial charge in [-0.25, -0.2) is 0 Å². The van der Waals surface area contributed by atoms with Crippen molar-refractivity contribution in [1.29, 1.82) is 0 Å². The van der Waals surface area contributed by atoms with E-state index in [4.69, 9.17) is 4.74 Å². The number of nitrogens with zero attached hydrogens (tertiary/aromatic N) is 1. The lowest BCUT2D eigenvalue weighted by Gasteiger charge is -2.11. The number of aliphatic hydroxyl groups excluding tert-OH is 1. The normalized spacial score (nSPS) is 12.1. The first-order chi connectivity index (χ1) is 9.15. The van der Waals surface area contributed by atoms with Gasteiger partial charge in [-0.1, -0.05) is 6.07 Å². The molecule has 19 heavy (non-hydrogen) atoms. The Morgan fingerprint density at radius 3 is 2.63 bits per heavy atom. The van der Waals surface area contributed by atoms with Gasteiger partial charge in [-0.3, -0.25) is 10.1 Å². The quantitative estimate of drug-likeness (QED) is 0.651. The number of rotatable bonds is 6. The fourth-order valence-electron chi connectivity index (χ4n) is 1.58. The fourth-order valence-corrected chi connectivity index (χ4v) is 2.35. The summed E-state index contributed by atoms with van der Waals surface area (Å²) in [5, 5.41) is 22.2. The van der Waals surface area contributed by atoms with Gasteiger partial charge in [-0.05, 0) is 23.6 Å². The molecule has 1 aromatic heterocycles. The van der Waals surface area contributed by atoms with E-state index in [1.165, 1.54) is 24.3 Å². The number of nitro benzene ring substituents is 1. The van der Waals surface area contributed by atoms with Crippen LogP contribution in [-0.2, 0) is 6.42 Å². The maximum Gasteiger partial charge on any atom is 0.269 e. The summed E-state index contributed by atoms with van der Waals surface area (Å²) in [7, 11) is 0. The number of benzene rings is 1. The molecule has 2 aromatic rings. The van der Waals surface area contributed by atoms with Crippen molar-refractivity contribution in [2.75, 3.05) is 6.61 Å². The molecule has 0 aliphatic carbocycles. The molecular weight excluding hydrogens is 266 g/mol. The number of thiophene rings is 1. The van der Waals surface area contributed by atoms with Crippen LogP contribution in [0.4, 0.5) is 5.69 Å². The molecule has 0 saturated heterocycles. The van der Waals surface area contributed by atoms with Crippen molar-refractivity contribution in [2.24, 2.45) is 0 Å². The van der Waals surface area contributed by atoms with E-state index in [1.54, 1.807) is 11.3 Å². The van der Waals surface area contributed by atoms with Gasteiger partial charge in [-0.2, -0.15) is 0 Å². The van der Waals surface area contributed by atoms with Crippen LogP contribution in [0.25, 0.3) is 0 Å². The number of ether oxygens (including phenoxy) is 1. The lowest BCUT2D eigenvalue weighted by Crippen LogP contribution is -2.19. The predicted molar refractivity (Wildman–Crippen MR) is 72.6 cm³/mol. The minimum absolute atomic E-state index is 0.0199. The van der Waals surface area contributed by atoms with E-state index in [1.807, 2.05) is 17.5 Å². The average Bonchev–Trinajstić information content (AvgIpc) is 2.89. The minimum Gasteiger partial charge on any atom is -0.491 e. The van der Waals surface area contributed by atoms with Gasteiger partial charge in [0.05, 0.1) is 11.0 Å². The number of non-ortho nitro benzene ring substituents is 1. The Hall–Kier alpha value is -1.92. The third kappa shape index (κ3) is 4.04. The van der Waals surface area contributed by atoms with Crippen LogP contribution in [0.3, 0.4) is 0 Å². The van der Waals surface area contributed by atoms with Crippen LogP contribution >= 0.6 is 11.3 Å². The number of nitro groups is 1. The van der Waals surface area contributed by atoms with Crippen molar-refractivity contribution in [3.63, 3.8) is 0 Å². The Bertz CT molecular complexity index is 524. The minimum atomic E-state index is -0.589. The zero-order valence-corrected chi connectivity index (χ0v) is 10.9. The standard InChI is InChI=1S/C13H13NO4S/c15-11(8-13-2-1-7-19-13)9-18-12-5-3-10(4-6-12)14(16)17/h1-7,11,15H,8-9H2. The molecule has 0 aliphatic heterocycles. The van der Waals surface area contributed by atoms with Gasteiger partial charge in [0.2, 0.25) is 0 Å². The van der Waals surface area contributed by atoms with Crippen LogP contribution in [0, 0.1) is 10.1 Å². The van der Waals surface area contributed by atoms with Gasteiger partial charge >= 0.3 is 0 Å².